The zero-order valence-electron chi connectivity index (χ0n) is 12.8. The maximum absolute atomic E-state index is 14.3. The molecule has 1 amide bonds. The molecule has 1 aliphatic rings. The number of fused-ring (bicyclic) bond motifs is 1. The highest BCUT2D eigenvalue weighted by Crippen LogP contribution is 2.34. The summed E-state index contributed by atoms with van der Waals surface area (Å²) in [6.07, 6.45) is -0.00239. The molecule has 1 aliphatic heterocycles. The lowest BCUT2D eigenvalue weighted by molar-refractivity contribution is -0.136. The highest BCUT2D eigenvalue weighted by molar-refractivity contribution is 7.15. The molecule has 0 unspecified atom stereocenters. The van der Waals surface area contributed by atoms with Crippen LogP contribution in [-0.4, -0.2) is 33.4 Å². The fraction of sp³-hybridized carbons (Fsp3) is 0.312. The topological polar surface area (TPSA) is 70.5 Å². The number of rotatable bonds is 3. The number of aliphatic carboxylic acids is 1. The Morgan fingerprint density at radius 2 is 2.08 bits per heavy atom. The molecule has 5 nitrogen and oxygen atoms in total. The number of halogens is 2. The van der Waals surface area contributed by atoms with Crippen LogP contribution in [0.25, 0.3) is 10.6 Å². The fourth-order valence-electron chi connectivity index (χ4n) is 2.63. The molecule has 1 aromatic carbocycles. The first-order valence-electron chi connectivity index (χ1n) is 7.30. The SMILES string of the molecule is CC(=O)N1CCc2nc(-c3ccc(CC(=O)O)c(F)c3F)sc2C1. The molecular weight excluding hydrogens is 338 g/mol. The number of hydrogen-bond acceptors (Lipinski definition) is 4. The van der Waals surface area contributed by atoms with Crippen molar-refractivity contribution in [2.45, 2.75) is 26.3 Å². The Hall–Kier alpha value is -2.35. The molecule has 1 N–H and O–H groups in total. The summed E-state index contributed by atoms with van der Waals surface area (Å²) in [6.45, 7) is 2.46. The van der Waals surface area contributed by atoms with Gasteiger partial charge in [0.05, 0.1) is 18.7 Å². The Balaban J connectivity index is 1.95. The van der Waals surface area contributed by atoms with Crippen molar-refractivity contribution in [3.63, 3.8) is 0 Å². The Kier molecular flexibility index (Phi) is 4.31. The van der Waals surface area contributed by atoms with Gasteiger partial charge in [-0.2, -0.15) is 0 Å². The van der Waals surface area contributed by atoms with E-state index >= 15 is 0 Å². The summed E-state index contributed by atoms with van der Waals surface area (Å²) in [4.78, 5) is 29.0. The van der Waals surface area contributed by atoms with Crippen molar-refractivity contribution >= 4 is 23.2 Å². The van der Waals surface area contributed by atoms with E-state index in [1.807, 2.05) is 0 Å². The molecule has 126 valence electrons. The van der Waals surface area contributed by atoms with E-state index in [1.165, 1.54) is 30.4 Å². The van der Waals surface area contributed by atoms with Crippen LogP contribution in [0.3, 0.4) is 0 Å². The van der Waals surface area contributed by atoms with Crippen molar-refractivity contribution < 1.29 is 23.5 Å². The van der Waals surface area contributed by atoms with Crippen LogP contribution in [0.15, 0.2) is 12.1 Å². The Morgan fingerprint density at radius 1 is 1.33 bits per heavy atom. The number of benzene rings is 1. The predicted molar refractivity (Wildman–Crippen MR) is 83.6 cm³/mol. The maximum Gasteiger partial charge on any atom is 0.307 e. The van der Waals surface area contributed by atoms with Gasteiger partial charge >= 0.3 is 5.97 Å². The van der Waals surface area contributed by atoms with Crippen molar-refractivity contribution in [2.75, 3.05) is 6.54 Å². The molecule has 3 rings (SSSR count). The van der Waals surface area contributed by atoms with E-state index in [-0.39, 0.29) is 17.0 Å². The highest BCUT2D eigenvalue weighted by Gasteiger charge is 2.24. The van der Waals surface area contributed by atoms with Crippen LogP contribution >= 0.6 is 11.3 Å². The molecule has 24 heavy (non-hydrogen) atoms. The molecule has 1 aromatic heterocycles. The maximum atomic E-state index is 14.3. The average Bonchev–Trinajstić information content (AvgIpc) is 2.94. The predicted octanol–water partition coefficient (Wildman–Crippen LogP) is 2.62. The van der Waals surface area contributed by atoms with Crippen LogP contribution in [0.4, 0.5) is 8.78 Å². The minimum atomic E-state index is -1.23. The summed E-state index contributed by atoms with van der Waals surface area (Å²) in [7, 11) is 0. The largest absolute Gasteiger partial charge is 0.481 e. The fourth-order valence-corrected chi connectivity index (χ4v) is 3.78. The van der Waals surface area contributed by atoms with Crippen LogP contribution in [-0.2, 0) is 29.0 Å². The second-order valence-electron chi connectivity index (χ2n) is 5.55. The number of carbonyl (C=O) groups excluding carboxylic acids is 1. The Bertz CT molecular complexity index is 835. The van der Waals surface area contributed by atoms with E-state index in [2.05, 4.69) is 4.98 Å². The monoisotopic (exact) mass is 352 g/mol. The number of amides is 1. The first-order valence-corrected chi connectivity index (χ1v) is 8.11. The average molecular weight is 352 g/mol. The number of aromatic nitrogens is 1. The van der Waals surface area contributed by atoms with Gasteiger partial charge < -0.3 is 10.0 Å². The van der Waals surface area contributed by atoms with Gasteiger partial charge in [-0.3, -0.25) is 9.59 Å². The van der Waals surface area contributed by atoms with Gasteiger partial charge in [0.1, 0.15) is 5.01 Å². The standard InChI is InChI=1S/C16H14F2N2O3S/c1-8(21)20-5-4-11-12(7-20)24-16(19-11)10-3-2-9(6-13(22)23)14(17)15(10)18/h2-3H,4-7H2,1H3,(H,22,23). The number of carboxylic acid groups (broad SMARTS) is 1. The quantitative estimate of drug-likeness (QED) is 0.922. The molecule has 0 saturated carbocycles. The number of thiazole rings is 1. The van der Waals surface area contributed by atoms with E-state index in [0.29, 0.717) is 24.5 Å². The van der Waals surface area contributed by atoms with Gasteiger partial charge in [-0.15, -0.1) is 11.3 Å². The summed E-state index contributed by atoms with van der Waals surface area (Å²) in [5, 5.41) is 9.05. The zero-order chi connectivity index (χ0) is 17.4. The van der Waals surface area contributed by atoms with Gasteiger partial charge in [0, 0.05) is 35.9 Å². The smallest absolute Gasteiger partial charge is 0.307 e. The highest BCUT2D eigenvalue weighted by atomic mass is 32.1. The van der Waals surface area contributed by atoms with E-state index in [0.717, 1.165) is 10.6 Å². The molecule has 0 aliphatic carbocycles. The van der Waals surface area contributed by atoms with E-state index in [1.54, 1.807) is 4.90 Å². The van der Waals surface area contributed by atoms with Gasteiger partial charge in [0.15, 0.2) is 11.6 Å². The lowest BCUT2D eigenvalue weighted by Crippen LogP contribution is -2.33. The van der Waals surface area contributed by atoms with Gasteiger partial charge in [0.2, 0.25) is 5.91 Å². The first kappa shape index (κ1) is 16.5. The lowest BCUT2D eigenvalue weighted by atomic mass is 10.1. The Morgan fingerprint density at radius 3 is 2.75 bits per heavy atom. The third-order valence-electron chi connectivity index (χ3n) is 3.91. The van der Waals surface area contributed by atoms with Gasteiger partial charge in [-0.1, -0.05) is 6.07 Å². The first-order chi connectivity index (χ1) is 11.4. The normalized spacial score (nSPS) is 13.7. The van der Waals surface area contributed by atoms with Crippen LogP contribution in [0.5, 0.6) is 0 Å². The molecule has 0 bridgehead atoms. The summed E-state index contributed by atoms with van der Waals surface area (Å²) in [6, 6.07) is 2.62. The molecule has 8 heteroatoms. The molecule has 0 atom stereocenters. The minimum Gasteiger partial charge on any atom is -0.481 e. The number of carbonyl (C=O) groups is 2. The van der Waals surface area contributed by atoms with Crippen molar-refractivity contribution in [3.05, 3.63) is 39.9 Å². The van der Waals surface area contributed by atoms with Gasteiger partial charge in [-0.05, 0) is 6.07 Å². The van der Waals surface area contributed by atoms with Gasteiger partial charge in [-0.25, -0.2) is 13.8 Å². The molecule has 0 saturated heterocycles. The molecular formula is C16H14F2N2O3S. The lowest BCUT2D eigenvalue weighted by Gasteiger charge is -2.24. The molecule has 0 fully saturated rings. The number of carboxylic acids is 1. The Labute approximate surface area is 140 Å². The van der Waals surface area contributed by atoms with Crippen LogP contribution < -0.4 is 0 Å². The van der Waals surface area contributed by atoms with E-state index in [4.69, 9.17) is 5.11 Å². The van der Waals surface area contributed by atoms with Crippen molar-refractivity contribution in [1.82, 2.24) is 9.88 Å². The minimum absolute atomic E-state index is 0.00964. The summed E-state index contributed by atoms with van der Waals surface area (Å²) in [5.41, 5.74) is 0.602. The zero-order valence-corrected chi connectivity index (χ0v) is 13.6. The van der Waals surface area contributed by atoms with Crippen molar-refractivity contribution in [3.8, 4) is 10.6 Å². The molecule has 2 aromatic rings. The second-order valence-corrected chi connectivity index (χ2v) is 6.63. The number of hydrogen-bond donors (Lipinski definition) is 1. The van der Waals surface area contributed by atoms with Crippen LogP contribution in [0.2, 0.25) is 0 Å². The molecule has 0 spiro atoms. The second kappa shape index (κ2) is 6.27. The van der Waals surface area contributed by atoms with Gasteiger partial charge in [0.25, 0.3) is 0 Å². The summed E-state index contributed by atoms with van der Waals surface area (Å²) >= 11 is 1.22. The van der Waals surface area contributed by atoms with Crippen molar-refractivity contribution in [1.29, 1.82) is 0 Å². The van der Waals surface area contributed by atoms with Crippen molar-refractivity contribution in [2.24, 2.45) is 0 Å². The third kappa shape index (κ3) is 3.01. The molecule has 0 radical (unpaired) electrons. The summed E-state index contributed by atoms with van der Waals surface area (Å²) in [5.74, 6) is -3.52. The van der Waals surface area contributed by atoms with E-state index in [9.17, 15) is 18.4 Å². The van der Waals surface area contributed by atoms with Crippen LogP contribution in [0.1, 0.15) is 23.1 Å². The number of nitrogens with zero attached hydrogens (tertiary/aromatic N) is 2. The van der Waals surface area contributed by atoms with Crippen LogP contribution in [0, 0.1) is 11.6 Å². The third-order valence-corrected chi connectivity index (χ3v) is 5.03. The molecule has 2 heterocycles. The van der Waals surface area contributed by atoms with E-state index < -0.39 is 24.0 Å². The summed E-state index contributed by atoms with van der Waals surface area (Å²) < 4.78 is 28.3.